The summed E-state index contributed by atoms with van der Waals surface area (Å²) < 4.78 is 40.2. The predicted molar refractivity (Wildman–Crippen MR) is 58.4 cm³/mol. The quantitative estimate of drug-likeness (QED) is 0.740. The van der Waals surface area contributed by atoms with Gasteiger partial charge in [-0.15, -0.1) is 0 Å². The van der Waals surface area contributed by atoms with E-state index in [-0.39, 0.29) is 12.0 Å². The van der Waals surface area contributed by atoms with Crippen LogP contribution in [0.1, 0.15) is 27.7 Å². The Hall–Kier alpha value is -0.290. The molecule has 0 atom stereocenters. The fourth-order valence-electron chi connectivity index (χ4n) is 1.19. The second kappa shape index (κ2) is 6.45. The minimum Gasteiger partial charge on any atom is -0.371 e. The number of ether oxygens (including phenoxy) is 1. The molecule has 0 aromatic carbocycles. The molecule has 0 aliphatic rings. The number of halogens is 3. The molecule has 0 bridgehead atoms. The maximum absolute atomic E-state index is 11.8. The molecule has 0 heterocycles. The summed E-state index contributed by atoms with van der Waals surface area (Å²) >= 11 is 0. The molecule has 0 radical (unpaired) electrons. The van der Waals surface area contributed by atoms with Crippen LogP contribution in [0.3, 0.4) is 0 Å². The Morgan fingerprint density at radius 1 is 1.12 bits per heavy atom. The first-order valence-electron chi connectivity index (χ1n) is 5.48. The van der Waals surface area contributed by atoms with E-state index in [0.29, 0.717) is 12.5 Å². The zero-order valence-electron chi connectivity index (χ0n) is 10.4. The molecular weight excluding hydrogens is 219 g/mol. The van der Waals surface area contributed by atoms with Gasteiger partial charge in [0.2, 0.25) is 0 Å². The number of alkyl halides is 3. The van der Waals surface area contributed by atoms with E-state index in [0.717, 1.165) is 6.54 Å². The second-order valence-electron chi connectivity index (χ2n) is 5.30. The fraction of sp³-hybridized carbons (Fsp3) is 1.00. The summed E-state index contributed by atoms with van der Waals surface area (Å²) in [6.07, 6.45) is -4.23. The Bertz CT molecular complexity index is 190. The molecule has 0 saturated carbocycles. The highest BCUT2D eigenvalue weighted by atomic mass is 19.4. The van der Waals surface area contributed by atoms with Crippen molar-refractivity contribution in [1.29, 1.82) is 0 Å². The monoisotopic (exact) mass is 241 g/mol. The van der Waals surface area contributed by atoms with Gasteiger partial charge >= 0.3 is 6.18 Å². The van der Waals surface area contributed by atoms with Crippen molar-refractivity contribution >= 4 is 0 Å². The van der Waals surface area contributed by atoms with E-state index in [1.165, 1.54) is 0 Å². The standard InChI is InChI=1S/C11H22F3NO/c1-9(2)5-15-6-10(3,4)7-16-8-11(12,13)14/h9,15H,5-8H2,1-4H3. The summed E-state index contributed by atoms with van der Waals surface area (Å²) in [6.45, 7) is 8.40. The lowest BCUT2D eigenvalue weighted by atomic mass is 9.94. The van der Waals surface area contributed by atoms with E-state index in [4.69, 9.17) is 0 Å². The summed E-state index contributed by atoms with van der Waals surface area (Å²) in [5, 5.41) is 3.21. The Labute approximate surface area is 95.5 Å². The van der Waals surface area contributed by atoms with Crippen LogP contribution < -0.4 is 5.32 Å². The minimum absolute atomic E-state index is 0.109. The normalized spacial score (nSPS) is 13.5. The molecule has 0 aromatic rings. The van der Waals surface area contributed by atoms with Crippen LogP contribution in [-0.2, 0) is 4.74 Å². The highest BCUT2D eigenvalue weighted by Crippen LogP contribution is 2.18. The van der Waals surface area contributed by atoms with Gasteiger partial charge in [-0.2, -0.15) is 13.2 Å². The summed E-state index contributed by atoms with van der Waals surface area (Å²) in [7, 11) is 0. The van der Waals surface area contributed by atoms with Crippen molar-refractivity contribution in [1.82, 2.24) is 5.32 Å². The van der Waals surface area contributed by atoms with Crippen LogP contribution >= 0.6 is 0 Å². The van der Waals surface area contributed by atoms with Crippen molar-refractivity contribution < 1.29 is 17.9 Å². The Morgan fingerprint density at radius 2 is 1.69 bits per heavy atom. The molecule has 0 aliphatic carbocycles. The zero-order chi connectivity index (χ0) is 12.8. The molecule has 0 aliphatic heterocycles. The maximum Gasteiger partial charge on any atom is 0.411 e. The van der Waals surface area contributed by atoms with E-state index in [1.807, 2.05) is 13.8 Å². The minimum atomic E-state index is -4.23. The molecule has 0 saturated heterocycles. The van der Waals surface area contributed by atoms with Crippen molar-refractivity contribution in [2.75, 3.05) is 26.3 Å². The van der Waals surface area contributed by atoms with Crippen LogP contribution in [0.5, 0.6) is 0 Å². The van der Waals surface area contributed by atoms with Crippen LogP contribution in [-0.4, -0.2) is 32.5 Å². The topological polar surface area (TPSA) is 21.3 Å². The first-order chi connectivity index (χ1) is 7.12. The van der Waals surface area contributed by atoms with Gasteiger partial charge in [0, 0.05) is 12.0 Å². The van der Waals surface area contributed by atoms with Crippen LogP contribution in [0, 0.1) is 11.3 Å². The molecule has 0 aromatic heterocycles. The largest absolute Gasteiger partial charge is 0.411 e. The molecule has 16 heavy (non-hydrogen) atoms. The van der Waals surface area contributed by atoms with Crippen LogP contribution in [0.4, 0.5) is 13.2 Å². The van der Waals surface area contributed by atoms with Gasteiger partial charge in [0.25, 0.3) is 0 Å². The Morgan fingerprint density at radius 3 is 2.12 bits per heavy atom. The van der Waals surface area contributed by atoms with Crippen molar-refractivity contribution in [3.63, 3.8) is 0 Å². The van der Waals surface area contributed by atoms with Crippen LogP contribution in [0.15, 0.2) is 0 Å². The molecule has 0 amide bonds. The number of rotatable bonds is 7. The van der Waals surface area contributed by atoms with Gasteiger partial charge in [-0.3, -0.25) is 0 Å². The van der Waals surface area contributed by atoms with Crippen molar-refractivity contribution in [2.24, 2.45) is 11.3 Å². The van der Waals surface area contributed by atoms with Crippen molar-refractivity contribution in [2.45, 2.75) is 33.9 Å². The first kappa shape index (κ1) is 15.7. The van der Waals surface area contributed by atoms with Gasteiger partial charge in [0.15, 0.2) is 0 Å². The smallest absolute Gasteiger partial charge is 0.371 e. The summed E-state index contributed by atoms with van der Waals surface area (Å²) in [6, 6.07) is 0. The van der Waals surface area contributed by atoms with E-state index in [9.17, 15) is 13.2 Å². The van der Waals surface area contributed by atoms with E-state index in [2.05, 4.69) is 23.9 Å². The Balaban J connectivity index is 3.70. The molecule has 5 heteroatoms. The second-order valence-corrected chi connectivity index (χ2v) is 5.30. The van der Waals surface area contributed by atoms with E-state index >= 15 is 0 Å². The van der Waals surface area contributed by atoms with Crippen LogP contribution in [0.2, 0.25) is 0 Å². The van der Waals surface area contributed by atoms with Gasteiger partial charge < -0.3 is 10.1 Å². The summed E-state index contributed by atoms with van der Waals surface area (Å²) in [5.41, 5.74) is -0.278. The lowest BCUT2D eigenvalue weighted by Crippen LogP contribution is -2.36. The van der Waals surface area contributed by atoms with Crippen molar-refractivity contribution in [3.05, 3.63) is 0 Å². The van der Waals surface area contributed by atoms with Gasteiger partial charge in [-0.1, -0.05) is 27.7 Å². The SMILES string of the molecule is CC(C)CNCC(C)(C)COCC(F)(F)F. The van der Waals surface area contributed by atoms with E-state index in [1.54, 1.807) is 0 Å². The highest BCUT2D eigenvalue weighted by molar-refractivity contribution is 4.71. The maximum atomic E-state index is 11.8. The van der Waals surface area contributed by atoms with Gasteiger partial charge in [0.05, 0.1) is 6.61 Å². The number of hydrogen-bond donors (Lipinski definition) is 1. The molecule has 0 rings (SSSR count). The fourth-order valence-corrected chi connectivity index (χ4v) is 1.19. The molecule has 1 N–H and O–H groups in total. The molecule has 98 valence electrons. The third-order valence-electron chi connectivity index (χ3n) is 1.91. The van der Waals surface area contributed by atoms with E-state index < -0.39 is 12.8 Å². The molecule has 0 fully saturated rings. The third kappa shape index (κ3) is 10.2. The summed E-state index contributed by atoms with van der Waals surface area (Å²) in [4.78, 5) is 0. The summed E-state index contributed by atoms with van der Waals surface area (Å²) in [5.74, 6) is 0.534. The average molecular weight is 241 g/mol. The van der Waals surface area contributed by atoms with Gasteiger partial charge in [-0.05, 0) is 12.5 Å². The molecule has 0 unspecified atom stereocenters. The van der Waals surface area contributed by atoms with Crippen molar-refractivity contribution in [3.8, 4) is 0 Å². The zero-order valence-corrected chi connectivity index (χ0v) is 10.4. The Kier molecular flexibility index (Phi) is 6.33. The first-order valence-corrected chi connectivity index (χ1v) is 5.48. The lowest BCUT2D eigenvalue weighted by molar-refractivity contribution is -0.179. The van der Waals surface area contributed by atoms with Crippen LogP contribution in [0.25, 0.3) is 0 Å². The molecule has 2 nitrogen and oxygen atoms in total. The van der Waals surface area contributed by atoms with Gasteiger partial charge in [-0.25, -0.2) is 0 Å². The third-order valence-corrected chi connectivity index (χ3v) is 1.91. The number of hydrogen-bond acceptors (Lipinski definition) is 2. The predicted octanol–water partition coefficient (Wildman–Crippen LogP) is 2.84. The molecule has 0 spiro atoms. The average Bonchev–Trinajstić information content (AvgIpc) is 1.99. The van der Waals surface area contributed by atoms with Gasteiger partial charge in [0.1, 0.15) is 6.61 Å². The number of nitrogens with one attached hydrogen (secondary N) is 1. The lowest BCUT2D eigenvalue weighted by Gasteiger charge is -2.25. The highest BCUT2D eigenvalue weighted by Gasteiger charge is 2.29. The molecular formula is C11H22F3NO.